The highest BCUT2D eigenvalue weighted by atomic mass is 79.9. The van der Waals surface area contributed by atoms with Crippen molar-refractivity contribution < 1.29 is 9.18 Å². The van der Waals surface area contributed by atoms with Crippen molar-refractivity contribution in [2.45, 2.75) is 0 Å². The summed E-state index contributed by atoms with van der Waals surface area (Å²) >= 11 is 8.79. The van der Waals surface area contributed by atoms with Gasteiger partial charge in [-0.05, 0) is 58.4 Å². The molecule has 0 heterocycles. The maximum Gasteiger partial charge on any atom is 0.323 e. The molecule has 0 aromatic heterocycles. The molecule has 2 N–H and O–H groups in total. The average molecular weight is 344 g/mol. The lowest BCUT2D eigenvalue weighted by Gasteiger charge is -2.08. The summed E-state index contributed by atoms with van der Waals surface area (Å²) in [4.78, 5) is 11.7. The largest absolute Gasteiger partial charge is 0.323 e. The van der Waals surface area contributed by atoms with Gasteiger partial charge in [-0.15, -0.1) is 0 Å². The van der Waals surface area contributed by atoms with Crippen LogP contribution >= 0.6 is 27.5 Å². The van der Waals surface area contributed by atoms with Crippen LogP contribution in [0.4, 0.5) is 20.6 Å². The molecule has 0 aliphatic heterocycles. The van der Waals surface area contributed by atoms with Crippen molar-refractivity contribution in [2.24, 2.45) is 0 Å². The fourth-order valence-corrected chi connectivity index (χ4v) is 1.91. The van der Waals surface area contributed by atoms with E-state index in [4.69, 9.17) is 11.6 Å². The number of amides is 2. The molecule has 0 spiro atoms. The van der Waals surface area contributed by atoms with Gasteiger partial charge in [0.25, 0.3) is 0 Å². The Morgan fingerprint density at radius 3 is 2.26 bits per heavy atom. The fourth-order valence-electron chi connectivity index (χ4n) is 1.40. The van der Waals surface area contributed by atoms with Crippen molar-refractivity contribution in [1.82, 2.24) is 0 Å². The van der Waals surface area contributed by atoms with E-state index < -0.39 is 6.03 Å². The molecule has 0 radical (unpaired) electrons. The Labute approximate surface area is 122 Å². The van der Waals surface area contributed by atoms with Gasteiger partial charge < -0.3 is 10.6 Å². The van der Waals surface area contributed by atoms with E-state index in [-0.39, 0.29) is 10.3 Å². The molecule has 98 valence electrons. The Balaban J connectivity index is 2.01. The summed E-state index contributed by atoms with van der Waals surface area (Å²) in [6.45, 7) is 0. The van der Waals surface area contributed by atoms with E-state index in [0.717, 1.165) is 0 Å². The lowest BCUT2D eigenvalue weighted by Crippen LogP contribution is -2.19. The molecular formula is C13H9BrClFN2O. The van der Waals surface area contributed by atoms with Crippen LogP contribution < -0.4 is 10.6 Å². The third-order valence-electron chi connectivity index (χ3n) is 2.28. The van der Waals surface area contributed by atoms with Crippen LogP contribution in [0.1, 0.15) is 0 Å². The summed E-state index contributed by atoms with van der Waals surface area (Å²) in [5.74, 6) is -0.386. The van der Waals surface area contributed by atoms with Crippen LogP contribution in [0.15, 0.2) is 46.9 Å². The van der Waals surface area contributed by atoms with E-state index in [0.29, 0.717) is 16.4 Å². The van der Waals surface area contributed by atoms with Crippen molar-refractivity contribution >= 4 is 44.9 Å². The minimum atomic E-state index is -0.416. The number of halogens is 3. The number of hydrogen-bond donors (Lipinski definition) is 2. The Bertz CT molecular complexity index is 604. The van der Waals surface area contributed by atoms with Gasteiger partial charge in [0.15, 0.2) is 0 Å². The SMILES string of the molecule is O=C(Nc1ccc(Cl)cc1)Nc1ccc(F)c(Br)c1. The molecule has 0 saturated carbocycles. The standard InChI is InChI=1S/C13H9BrClFN2O/c14-11-7-10(5-6-12(11)16)18-13(19)17-9-3-1-8(15)2-4-9/h1-7H,(H2,17,18,19). The molecule has 19 heavy (non-hydrogen) atoms. The van der Waals surface area contributed by atoms with Gasteiger partial charge >= 0.3 is 6.03 Å². The zero-order valence-corrected chi connectivity index (χ0v) is 11.9. The van der Waals surface area contributed by atoms with Gasteiger partial charge in [-0.2, -0.15) is 0 Å². The first-order valence-electron chi connectivity index (χ1n) is 5.33. The van der Waals surface area contributed by atoms with Gasteiger partial charge in [0.05, 0.1) is 4.47 Å². The van der Waals surface area contributed by atoms with Crippen molar-refractivity contribution in [2.75, 3.05) is 10.6 Å². The third kappa shape index (κ3) is 3.94. The number of hydrogen-bond acceptors (Lipinski definition) is 1. The Morgan fingerprint density at radius 2 is 1.63 bits per heavy atom. The molecule has 0 unspecified atom stereocenters. The summed E-state index contributed by atoms with van der Waals surface area (Å²) < 4.78 is 13.3. The summed E-state index contributed by atoms with van der Waals surface area (Å²) in [6.07, 6.45) is 0. The molecule has 2 rings (SSSR count). The maximum atomic E-state index is 13.0. The van der Waals surface area contributed by atoms with Crippen LogP contribution in [0.2, 0.25) is 5.02 Å². The summed E-state index contributed by atoms with van der Waals surface area (Å²) in [7, 11) is 0. The number of carbonyl (C=O) groups excluding carboxylic acids is 1. The number of nitrogens with one attached hydrogen (secondary N) is 2. The zero-order chi connectivity index (χ0) is 13.8. The third-order valence-corrected chi connectivity index (χ3v) is 3.14. The quantitative estimate of drug-likeness (QED) is 0.801. The minimum Gasteiger partial charge on any atom is -0.308 e. The van der Waals surface area contributed by atoms with E-state index in [9.17, 15) is 9.18 Å². The lowest BCUT2D eigenvalue weighted by molar-refractivity contribution is 0.262. The first kappa shape index (κ1) is 13.8. The monoisotopic (exact) mass is 342 g/mol. The van der Waals surface area contributed by atoms with Gasteiger partial charge in [0.2, 0.25) is 0 Å². The topological polar surface area (TPSA) is 41.1 Å². The Morgan fingerprint density at radius 1 is 1.05 bits per heavy atom. The van der Waals surface area contributed by atoms with E-state index in [1.807, 2.05) is 0 Å². The van der Waals surface area contributed by atoms with Gasteiger partial charge in [-0.1, -0.05) is 11.6 Å². The van der Waals surface area contributed by atoms with Crippen molar-refractivity contribution in [3.63, 3.8) is 0 Å². The number of urea groups is 1. The van der Waals surface area contributed by atoms with Gasteiger partial charge in [0, 0.05) is 16.4 Å². The molecule has 0 fully saturated rings. The summed E-state index contributed by atoms with van der Waals surface area (Å²) in [5.41, 5.74) is 1.10. The molecule has 2 amide bonds. The maximum absolute atomic E-state index is 13.0. The van der Waals surface area contributed by atoms with E-state index in [2.05, 4.69) is 26.6 Å². The van der Waals surface area contributed by atoms with Crippen LogP contribution in [0.25, 0.3) is 0 Å². The molecule has 0 aliphatic rings. The number of rotatable bonds is 2. The second-order valence-corrected chi connectivity index (χ2v) is 5.01. The predicted molar refractivity (Wildman–Crippen MR) is 78.2 cm³/mol. The highest BCUT2D eigenvalue weighted by Crippen LogP contribution is 2.20. The second kappa shape index (κ2) is 6.04. The Kier molecular flexibility index (Phi) is 4.39. The first-order valence-corrected chi connectivity index (χ1v) is 6.50. The highest BCUT2D eigenvalue weighted by Gasteiger charge is 2.05. The number of carbonyl (C=O) groups is 1. The molecule has 0 bridgehead atoms. The fraction of sp³-hybridized carbons (Fsp3) is 0. The normalized spacial score (nSPS) is 10.1. The summed E-state index contributed by atoms with van der Waals surface area (Å²) in [5, 5.41) is 5.82. The first-order chi connectivity index (χ1) is 9.04. The minimum absolute atomic E-state index is 0.289. The molecular weight excluding hydrogens is 335 g/mol. The van der Waals surface area contributed by atoms with E-state index in [1.165, 1.54) is 18.2 Å². The molecule has 2 aromatic rings. The highest BCUT2D eigenvalue weighted by molar-refractivity contribution is 9.10. The molecule has 2 aromatic carbocycles. The van der Waals surface area contributed by atoms with Gasteiger partial charge in [-0.25, -0.2) is 9.18 Å². The second-order valence-electron chi connectivity index (χ2n) is 3.71. The van der Waals surface area contributed by atoms with Crippen LogP contribution in [-0.2, 0) is 0 Å². The molecule has 6 heteroatoms. The van der Waals surface area contributed by atoms with Crippen LogP contribution in [-0.4, -0.2) is 6.03 Å². The van der Waals surface area contributed by atoms with Crippen LogP contribution in [0, 0.1) is 5.82 Å². The molecule has 0 aliphatic carbocycles. The number of anilines is 2. The van der Waals surface area contributed by atoms with Crippen molar-refractivity contribution in [1.29, 1.82) is 0 Å². The lowest BCUT2D eigenvalue weighted by atomic mass is 10.3. The van der Waals surface area contributed by atoms with Gasteiger partial charge in [-0.3, -0.25) is 0 Å². The predicted octanol–water partition coefficient (Wildman–Crippen LogP) is 4.89. The zero-order valence-electron chi connectivity index (χ0n) is 9.58. The molecule has 0 saturated heterocycles. The van der Waals surface area contributed by atoms with Crippen molar-refractivity contribution in [3.8, 4) is 0 Å². The van der Waals surface area contributed by atoms with Crippen molar-refractivity contribution in [3.05, 3.63) is 57.8 Å². The van der Waals surface area contributed by atoms with E-state index in [1.54, 1.807) is 24.3 Å². The summed E-state index contributed by atoms with van der Waals surface area (Å²) in [6, 6.07) is 10.5. The van der Waals surface area contributed by atoms with Crippen LogP contribution in [0.5, 0.6) is 0 Å². The Hall–Kier alpha value is -1.59. The smallest absolute Gasteiger partial charge is 0.308 e. The molecule has 0 atom stereocenters. The molecule has 3 nitrogen and oxygen atoms in total. The van der Waals surface area contributed by atoms with Gasteiger partial charge in [0.1, 0.15) is 5.82 Å². The number of benzene rings is 2. The average Bonchev–Trinajstić information content (AvgIpc) is 2.37. The van der Waals surface area contributed by atoms with Crippen LogP contribution in [0.3, 0.4) is 0 Å². The van der Waals surface area contributed by atoms with E-state index >= 15 is 0 Å².